The normalized spacial score (nSPS) is 16.4. The predicted octanol–water partition coefficient (Wildman–Crippen LogP) is 13.3. The zero-order valence-corrected chi connectivity index (χ0v) is 30.0. The third kappa shape index (κ3) is 3.92. The molecule has 1 atom stereocenters. The van der Waals surface area contributed by atoms with Crippen molar-refractivity contribution in [3.8, 4) is 44.9 Å². The van der Waals surface area contributed by atoms with Crippen molar-refractivity contribution in [3.05, 3.63) is 251 Å². The Morgan fingerprint density at radius 1 is 0.309 bits per heavy atom. The number of para-hydroxylation sites is 1. The molecular formula is C54H34O. The van der Waals surface area contributed by atoms with Crippen LogP contribution < -0.4 is 4.74 Å². The maximum atomic E-state index is 6.78. The first-order valence-corrected chi connectivity index (χ1v) is 19.2. The molecule has 55 heavy (non-hydrogen) atoms. The number of hydrogen-bond donors (Lipinski definition) is 0. The molecule has 0 bridgehead atoms. The summed E-state index contributed by atoms with van der Waals surface area (Å²) in [6.07, 6.45) is 0. The van der Waals surface area contributed by atoms with Crippen molar-refractivity contribution >= 4 is 10.8 Å². The summed E-state index contributed by atoms with van der Waals surface area (Å²) in [5.74, 6) is 1.81. The zero-order chi connectivity index (χ0) is 36.1. The molecule has 1 heterocycles. The van der Waals surface area contributed by atoms with Crippen molar-refractivity contribution < 1.29 is 4.74 Å². The lowest BCUT2D eigenvalue weighted by Gasteiger charge is -2.39. The van der Waals surface area contributed by atoms with Crippen LogP contribution in [-0.4, -0.2) is 0 Å². The van der Waals surface area contributed by atoms with Crippen molar-refractivity contribution in [1.82, 2.24) is 0 Å². The van der Waals surface area contributed by atoms with Crippen molar-refractivity contribution in [2.45, 2.75) is 10.8 Å². The van der Waals surface area contributed by atoms with Gasteiger partial charge in [0.25, 0.3) is 0 Å². The lowest BCUT2D eigenvalue weighted by Crippen LogP contribution is -2.32. The van der Waals surface area contributed by atoms with Crippen molar-refractivity contribution in [3.63, 3.8) is 0 Å². The van der Waals surface area contributed by atoms with Crippen molar-refractivity contribution in [1.29, 1.82) is 0 Å². The first kappa shape index (κ1) is 30.5. The highest BCUT2D eigenvalue weighted by Gasteiger charge is 2.51. The SMILES string of the molecule is c1ccc(C2(c3cccc(-c4ccc5c(c4)C4(c6ccccc6O5)c5ccccc5-c5ccccc54)c3)c3ccccc3-c3c2ccc2ccccc32)cc1. The van der Waals surface area contributed by atoms with Gasteiger partial charge in [0.1, 0.15) is 11.5 Å². The molecule has 1 unspecified atom stereocenters. The highest BCUT2D eigenvalue weighted by atomic mass is 16.5. The summed E-state index contributed by atoms with van der Waals surface area (Å²) in [4.78, 5) is 0. The Labute approximate surface area is 320 Å². The third-order valence-corrected chi connectivity index (χ3v) is 12.6. The van der Waals surface area contributed by atoms with E-state index in [1.807, 2.05) is 0 Å². The lowest BCUT2D eigenvalue weighted by atomic mass is 9.65. The molecule has 0 amide bonds. The molecule has 0 saturated carbocycles. The monoisotopic (exact) mass is 698 g/mol. The topological polar surface area (TPSA) is 9.23 Å². The van der Waals surface area contributed by atoms with Crippen LogP contribution in [0.1, 0.15) is 44.5 Å². The highest BCUT2D eigenvalue weighted by molar-refractivity contribution is 6.04. The third-order valence-electron chi connectivity index (χ3n) is 12.6. The fraction of sp³-hybridized carbons (Fsp3) is 0.0370. The van der Waals surface area contributed by atoms with Gasteiger partial charge in [0, 0.05) is 11.1 Å². The van der Waals surface area contributed by atoms with Gasteiger partial charge in [-0.05, 0) is 102 Å². The second kappa shape index (κ2) is 11.3. The molecule has 1 nitrogen and oxygen atoms in total. The molecule has 12 rings (SSSR count). The summed E-state index contributed by atoms with van der Waals surface area (Å²) in [6, 6.07) is 76.2. The molecule has 1 aliphatic heterocycles. The average molecular weight is 699 g/mol. The van der Waals surface area contributed by atoms with Gasteiger partial charge in [-0.25, -0.2) is 0 Å². The quantitative estimate of drug-likeness (QED) is 0.178. The van der Waals surface area contributed by atoms with Crippen LogP contribution in [0.3, 0.4) is 0 Å². The molecule has 1 spiro atoms. The molecule has 1 heteroatoms. The molecular weight excluding hydrogens is 665 g/mol. The molecule has 9 aromatic carbocycles. The van der Waals surface area contributed by atoms with E-state index in [1.165, 1.54) is 83.1 Å². The predicted molar refractivity (Wildman–Crippen MR) is 224 cm³/mol. The molecule has 9 aromatic rings. The van der Waals surface area contributed by atoms with Crippen LogP contribution in [0.2, 0.25) is 0 Å². The Hall–Kier alpha value is -6.96. The minimum absolute atomic E-state index is 0.506. The number of ether oxygens (including phenoxy) is 1. The summed E-state index contributed by atoms with van der Waals surface area (Å²) in [5.41, 5.74) is 16.6. The highest BCUT2D eigenvalue weighted by Crippen LogP contribution is 2.63. The van der Waals surface area contributed by atoms with Gasteiger partial charge in [-0.2, -0.15) is 0 Å². The second-order valence-electron chi connectivity index (χ2n) is 15.1. The number of rotatable bonds is 3. The van der Waals surface area contributed by atoms with E-state index >= 15 is 0 Å². The molecule has 0 saturated heterocycles. The molecule has 0 aromatic heterocycles. The van der Waals surface area contributed by atoms with E-state index in [1.54, 1.807) is 0 Å². The van der Waals surface area contributed by atoms with Crippen LogP contribution in [0.4, 0.5) is 0 Å². The van der Waals surface area contributed by atoms with E-state index in [0.29, 0.717) is 0 Å². The number of fused-ring (bicyclic) bond motifs is 14. The molecule has 0 radical (unpaired) electrons. The largest absolute Gasteiger partial charge is 0.457 e. The molecule has 2 aliphatic carbocycles. The Morgan fingerprint density at radius 2 is 0.891 bits per heavy atom. The summed E-state index contributed by atoms with van der Waals surface area (Å²) < 4.78 is 6.78. The number of hydrogen-bond acceptors (Lipinski definition) is 1. The molecule has 0 N–H and O–H groups in total. The van der Waals surface area contributed by atoms with Crippen LogP contribution in [0, 0.1) is 0 Å². The van der Waals surface area contributed by atoms with E-state index in [4.69, 9.17) is 4.74 Å². The Kier molecular flexibility index (Phi) is 6.25. The van der Waals surface area contributed by atoms with Crippen molar-refractivity contribution in [2.24, 2.45) is 0 Å². The van der Waals surface area contributed by atoms with E-state index in [2.05, 4.69) is 206 Å². The first-order chi connectivity index (χ1) is 27.3. The van der Waals surface area contributed by atoms with Gasteiger partial charge >= 0.3 is 0 Å². The van der Waals surface area contributed by atoms with Crippen LogP contribution >= 0.6 is 0 Å². The van der Waals surface area contributed by atoms with Crippen LogP contribution in [0.25, 0.3) is 44.2 Å². The van der Waals surface area contributed by atoms with Gasteiger partial charge in [-0.1, -0.05) is 182 Å². The summed E-state index contributed by atoms with van der Waals surface area (Å²) in [7, 11) is 0. The van der Waals surface area contributed by atoms with E-state index < -0.39 is 10.8 Å². The van der Waals surface area contributed by atoms with Gasteiger partial charge < -0.3 is 4.74 Å². The Morgan fingerprint density at radius 3 is 1.67 bits per heavy atom. The Balaban J connectivity index is 1.12. The minimum atomic E-state index is -0.513. The van der Waals surface area contributed by atoms with Gasteiger partial charge in [0.15, 0.2) is 0 Å². The number of benzene rings is 9. The summed E-state index contributed by atoms with van der Waals surface area (Å²) in [6.45, 7) is 0. The van der Waals surface area contributed by atoms with Crippen LogP contribution in [-0.2, 0) is 10.8 Å². The smallest absolute Gasteiger partial charge is 0.132 e. The van der Waals surface area contributed by atoms with Crippen molar-refractivity contribution in [2.75, 3.05) is 0 Å². The minimum Gasteiger partial charge on any atom is -0.457 e. The van der Waals surface area contributed by atoms with Gasteiger partial charge in [-0.15, -0.1) is 0 Å². The standard InChI is InChI=1S/C54H34O/c1-2-17-38(18-3-1)53(46-26-11-8-23-43(46)52-40-20-5-4-15-35(40)29-31-48(52)53)39-19-14-16-36(33-39)37-30-32-51-49(34-37)54(47-27-12-13-28-50(47)55-51)44-24-9-6-21-41(44)42-22-7-10-25-45(42)54/h1-34H. The van der Waals surface area contributed by atoms with Gasteiger partial charge in [0.2, 0.25) is 0 Å². The lowest BCUT2D eigenvalue weighted by molar-refractivity contribution is 0.436. The maximum Gasteiger partial charge on any atom is 0.132 e. The van der Waals surface area contributed by atoms with Crippen LogP contribution in [0.5, 0.6) is 11.5 Å². The maximum absolute atomic E-state index is 6.78. The molecule has 0 fully saturated rings. The summed E-state index contributed by atoms with van der Waals surface area (Å²) in [5, 5.41) is 2.55. The zero-order valence-electron chi connectivity index (χ0n) is 30.0. The van der Waals surface area contributed by atoms with E-state index in [9.17, 15) is 0 Å². The fourth-order valence-corrected chi connectivity index (χ4v) is 10.5. The fourth-order valence-electron chi connectivity index (χ4n) is 10.5. The average Bonchev–Trinajstić information content (AvgIpc) is 3.73. The van der Waals surface area contributed by atoms with E-state index in [0.717, 1.165) is 17.1 Å². The second-order valence-corrected chi connectivity index (χ2v) is 15.1. The Bertz CT molecular complexity index is 2980. The molecule has 3 aliphatic rings. The van der Waals surface area contributed by atoms with Gasteiger partial charge in [-0.3, -0.25) is 0 Å². The first-order valence-electron chi connectivity index (χ1n) is 19.2. The summed E-state index contributed by atoms with van der Waals surface area (Å²) >= 11 is 0. The van der Waals surface area contributed by atoms with Gasteiger partial charge in [0.05, 0.1) is 10.8 Å². The van der Waals surface area contributed by atoms with Crippen LogP contribution in [0.15, 0.2) is 206 Å². The molecule has 256 valence electrons. The van der Waals surface area contributed by atoms with E-state index in [-0.39, 0.29) is 0 Å².